The van der Waals surface area contributed by atoms with Crippen molar-refractivity contribution in [3.63, 3.8) is 0 Å². The minimum Gasteiger partial charge on any atom is -0.376 e. The van der Waals surface area contributed by atoms with E-state index < -0.39 is 9.84 Å². The molecule has 4 fully saturated rings. The quantitative estimate of drug-likeness (QED) is 0.584. The summed E-state index contributed by atoms with van der Waals surface area (Å²) in [7, 11) is -2.82. The highest BCUT2D eigenvalue weighted by Gasteiger charge is 2.37. The van der Waals surface area contributed by atoms with Crippen LogP contribution in [0.15, 0.2) is 4.99 Å². The molecule has 0 spiro atoms. The Balaban J connectivity index is 1.36. The smallest absolute Gasteiger partial charge is 0.194 e. The molecule has 0 aromatic heterocycles. The largest absolute Gasteiger partial charge is 0.376 e. The highest BCUT2D eigenvalue weighted by atomic mass is 32.2. The third-order valence-electron chi connectivity index (χ3n) is 6.15. The molecule has 4 rings (SSSR count). The monoisotopic (exact) mass is 369 g/mol. The molecule has 0 aromatic carbocycles. The summed E-state index contributed by atoms with van der Waals surface area (Å²) >= 11 is 0. The Morgan fingerprint density at radius 3 is 2.72 bits per heavy atom. The SMILES string of the molecule is O=S1(=O)CCC(CN=C(NCC2CCCO2)N2CCC(C3CC3)C2)C1. The lowest BCUT2D eigenvalue weighted by atomic mass is 10.0. The van der Waals surface area contributed by atoms with Crippen LogP contribution in [-0.2, 0) is 14.6 Å². The van der Waals surface area contributed by atoms with Crippen molar-refractivity contribution in [1.29, 1.82) is 0 Å². The fourth-order valence-electron chi connectivity index (χ4n) is 4.44. The fourth-order valence-corrected chi connectivity index (χ4v) is 6.29. The lowest BCUT2D eigenvalue weighted by Gasteiger charge is -2.24. The van der Waals surface area contributed by atoms with Crippen LogP contribution in [0.1, 0.15) is 38.5 Å². The number of ether oxygens (including phenoxy) is 1. The standard InChI is InChI=1S/C18H31N3O3S/c22-25(23)9-6-14(13-25)10-19-18(20-11-17-2-1-8-24-17)21-7-5-16(12-21)15-3-4-15/h14-17H,1-13H2,(H,19,20). The topological polar surface area (TPSA) is 71.0 Å². The molecule has 3 aliphatic heterocycles. The fraction of sp³-hybridized carbons (Fsp3) is 0.944. The molecular formula is C18H31N3O3S. The second-order valence-electron chi connectivity index (χ2n) is 8.28. The molecular weight excluding hydrogens is 338 g/mol. The first-order chi connectivity index (χ1) is 12.1. The normalized spacial score (nSPS) is 35.4. The summed E-state index contributed by atoms with van der Waals surface area (Å²) in [5.74, 6) is 3.56. The van der Waals surface area contributed by atoms with E-state index in [4.69, 9.17) is 9.73 Å². The number of aliphatic imine (C=N–C) groups is 1. The molecule has 1 N–H and O–H groups in total. The van der Waals surface area contributed by atoms with Crippen LogP contribution < -0.4 is 5.32 Å². The van der Waals surface area contributed by atoms with E-state index in [1.54, 1.807) is 0 Å². The Morgan fingerprint density at radius 1 is 1.16 bits per heavy atom. The molecule has 142 valence electrons. The average Bonchev–Trinajstić information content (AvgIpc) is 3.00. The van der Waals surface area contributed by atoms with Crippen LogP contribution in [-0.4, -0.2) is 69.7 Å². The molecule has 3 unspecified atom stereocenters. The van der Waals surface area contributed by atoms with Gasteiger partial charge in [0.25, 0.3) is 0 Å². The molecule has 0 bridgehead atoms. The van der Waals surface area contributed by atoms with Crippen LogP contribution in [0.4, 0.5) is 0 Å². The number of hydrogen-bond acceptors (Lipinski definition) is 4. The molecule has 3 atom stereocenters. The maximum Gasteiger partial charge on any atom is 0.194 e. The van der Waals surface area contributed by atoms with Crippen LogP contribution in [0.5, 0.6) is 0 Å². The summed E-state index contributed by atoms with van der Waals surface area (Å²) in [5.41, 5.74) is 0. The zero-order chi connectivity index (χ0) is 17.3. The first-order valence-electron chi connectivity index (χ1n) is 9.94. The van der Waals surface area contributed by atoms with Gasteiger partial charge in [-0.25, -0.2) is 8.42 Å². The van der Waals surface area contributed by atoms with Crippen LogP contribution in [0.25, 0.3) is 0 Å². The second-order valence-corrected chi connectivity index (χ2v) is 10.5. The second kappa shape index (κ2) is 7.43. The highest BCUT2D eigenvalue weighted by Crippen LogP contribution is 2.41. The summed E-state index contributed by atoms with van der Waals surface area (Å²) in [6.45, 7) is 4.47. The van der Waals surface area contributed by atoms with Crippen LogP contribution in [0.2, 0.25) is 0 Å². The van der Waals surface area contributed by atoms with E-state index in [1.165, 1.54) is 19.3 Å². The van der Waals surface area contributed by atoms with E-state index in [1.807, 2.05) is 0 Å². The molecule has 1 saturated carbocycles. The Bertz CT molecular complexity index is 597. The van der Waals surface area contributed by atoms with Crippen molar-refractivity contribution in [2.45, 2.75) is 44.6 Å². The van der Waals surface area contributed by atoms with E-state index in [-0.39, 0.29) is 5.92 Å². The van der Waals surface area contributed by atoms with Crippen LogP contribution in [0, 0.1) is 17.8 Å². The van der Waals surface area contributed by atoms with E-state index in [0.29, 0.717) is 24.2 Å². The lowest BCUT2D eigenvalue weighted by Crippen LogP contribution is -2.43. The average molecular weight is 370 g/mol. The van der Waals surface area contributed by atoms with Crippen molar-refractivity contribution < 1.29 is 13.2 Å². The molecule has 0 radical (unpaired) electrons. The number of nitrogens with one attached hydrogen (secondary N) is 1. The first-order valence-corrected chi connectivity index (χ1v) is 11.8. The van der Waals surface area contributed by atoms with E-state index in [0.717, 1.165) is 63.3 Å². The molecule has 6 nitrogen and oxygen atoms in total. The summed E-state index contributed by atoms with van der Waals surface area (Å²) in [4.78, 5) is 7.23. The van der Waals surface area contributed by atoms with Crippen molar-refractivity contribution in [3.05, 3.63) is 0 Å². The Labute approximate surface area is 151 Å². The Kier molecular flexibility index (Phi) is 5.23. The summed E-state index contributed by atoms with van der Waals surface area (Å²) in [5, 5.41) is 3.53. The van der Waals surface area contributed by atoms with E-state index in [2.05, 4.69) is 10.2 Å². The maximum atomic E-state index is 11.7. The molecule has 3 saturated heterocycles. The van der Waals surface area contributed by atoms with E-state index in [9.17, 15) is 8.42 Å². The van der Waals surface area contributed by atoms with Gasteiger partial charge in [0.15, 0.2) is 15.8 Å². The predicted molar refractivity (Wildman–Crippen MR) is 98.4 cm³/mol. The van der Waals surface area contributed by atoms with Gasteiger partial charge in [0.05, 0.1) is 17.6 Å². The van der Waals surface area contributed by atoms with Gasteiger partial charge in [-0.3, -0.25) is 4.99 Å². The molecule has 0 aromatic rings. The summed E-state index contributed by atoms with van der Waals surface area (Å²) < 4.78 is 29.1. The van der Waals surface area contributed by atoms with Gasteiger partial charge in [-0.2, -0.15) is 0 Å². The molecule has 0 amide bonds. The minimum absolute atomic E-state index is 0.186. The number of guanidine groups is 1. The molecule has 3 heterocycles. The third kappa shape index (κ3) is 4.67. The number of rotatable bonds is 5. The molecule has 7 heteroatoms. The van der Waals surface area contributed by atoms with Gasteiger partial charge in [-0.05, 0) is 56.3 Å². The van der Waals surface area contributed by atoms with Crippen molar-refractivity contribution >= 4 is 15.8 Å². The Hall–Kier alpha value is -0.820. The van der Waals surface area contributed by atoms with Crippen molar-refractivity contribution in [2.24, 2.45) is 22.7 Å². The number of sulfone groups is 1. The zero-order valence-corrected chi connectivity index (χ0v) is 15.8. The Morgan fingerprint density at radius 2 is 2.04 bits per heavy atom. The van der Waals surface area contributed by atoms with Gasteiger partial charge >= 0.3 is 0 Å². The lowest BCUT2D eigenvalue weighted by molar-refractivity contribution is 0.113. The molecule has 1 aliphatic carbocycles. The highest BCUT2D eigenvalue weighted by molar-refractivity contribution is 7.91. The number of likely N-dealkylation sites (tertiary alicyclic amines) is 1. The van der Waals surface area contributed by atoms with Crippen LogP contribution >= 0.6 is 0 Å². The number of hydrogen-bond donors (Lipinski definition) is 1. The summed E-state index contributed by atoms with van der Waals surface area (Å²) in [6, 6.07) is 0. The minimum atomic E-state index is -2.82. The third-order valence-corrected chi connectivity index (χ3v) is 7.99. The van der Waals surface area contributed by atoms with Gasteiger partial charge in [-0.15, -0.1) is 0 Å². The van der Waals surface area contributed by atoms with Crippen molar-refractivity contribution in [2.75, 3.05) is 44.3 Å². The van der Waals surface area contributed by atoms with Gasteiger partial charge in [-0.1, -0.05) is 0 Å². The van der Waals surface area contributed by atoms with Gasteiger partial charge in [0, 0.05) is 32.8 Å². The van der Waals surface area contributed by atoms with E-state index >= 15 is 0 Å². The van der Waals surface area contributed by atoms with Gasteiger partial charge in [0.2, 0.25) is 0 Å². The van der Waals surface area contributed by atoms with Gasteiger partial charge < -0.3 is 15.0 Å². The maximum absolute atomic E-state index is 11.7. The predicted octanol–water partition coefficient (Wildman–Crippen LogP) is 1.28. The summed E-state index contributed by atoms with van der Waals surface area (Å²) in [6.07, 6.45) is 7.37. The number of nitrogens with zero attached hydrogens (tertiary/aromatic N) is 2. The van der Waals surface area contributed by atoms with Gasteiger partial charge in [0.1, 0.15) is 0 Å². The van der Waals surface area contributed by atoms with Crippen LogP contribution in [0.3, 0.4) is 0 Å². The van der Waals surface area contributed by atoms with Crippen molar-refractivity contribution in [3.8, 4) is 0 Å². The van der Waals surface area contributed by atoms with Crippen molar-refractivity contribution in [1.82, 2.24) is 10.2 Å². The molecule has 4 aliphatic rings. The first kappa shape index (κ1) is 17.6. The molecule has 25 heavy (non-hydrogen) atoms. The zero-order valence-electron chi connectivity index (χ0n) is 15.0.